The molecule has 2 heterocycles. The van der Waals surface area contributed by atoms with Gasteiger partial charge in [-0.3, -0.25) is 4.79 Å². The Bertz CT molecular complexity index is 987. The molecule has 0 aliphatic carbocycles. The van der Waals surface area contributed by atoms with E-state index in [2.05, 4.69) is 10.2 Å². The van der Waals surface area contributed by atoms with Gasteiger partial charge in [0, 0.05) is 38.4 Å². The summed E-state index contributed by atoms with van der Waals surface area (Å²) in [6, 6.07) is 17.3. The number of nitrogens with zero attached hydrogens (tertiary/aromatic N) is 2. The van der Waals surface area contributed by atoms with Gasteiger partial charge in [0.2, 0.25) is 15.9 Å². The van der Waals surface area contributed by atoms with E-state index in [1.807, 2.05) is 42.5 Å². The van der Waals surface area contributed by atoms with E-state index in [1.54, 1.807) is 12.1 Å². The zero-order valence-corrected chi connectivity index (χ0v) is 19.4. The van der Waals surface area contributed by atoms with Crippen LogP contribution in [0.15, 0.2) is 59.5 Å². The maximum atomic E-state index is 13.2. The molecule has 1 amide bonds. The predicted octanol–water partition coefficient (Wildman–Crippen LogP) is 3.44. The van der Waals surface area contributed by atoms with Crippen molar-refractivity contribution in [3.63, 3.8) is 0 Å². The fraction of sp³-hybridized carbons (Fsp3) is 0.480. The Hall–Kier alpha value is -2.38. The number of carbonyl (C=O) groups is 1. The highest BCUT2D eigenvalue weighted by molar-refractivity contribution is 7.89. The minimum atomic E-state index is -3.60. The normalized spacial score (nSPS) is 20.1. The minimum Gasteiger partial charge on any atom is -0.372 e. The van der Waals surface area contributed by atoms with Crippen molar-refractivity contribution in [2.45, 2.75) is 43.4 Å². The van der Waals surface area contributed by atoms with Crippen LogP contribution in [0.4, 0.5) is 5.69 Å². The van der Waals surface area contributed by atoms with E-state index in [-0.39, 0.29) is 18.4 Å². The highest BCUT2D eigenvalue weighted by Crippen LogP contribution is 2.26. The van der Waals surface area contributed by atoms with Gasteiger partial charge in [-0.1, -0.05) is 30.3 Å². The average molecular weight is 456 g/mol. The van der Waals surface area contributed by atoms with Gasteiger partial charge >= 0.3 is 0 Å². The summed E-state index contributed by atoms with van der Waals surface area (Å²) in [5.74, 6) is -0.358. The molecule has 1 N–H and O–H groups in total. The molecule has 0 bridgehead atoms. The van der Waals surface area contributed by atoms with Gasteiger partial charge in [0.15, 0.2) is 0 Å². The SMILES string of the molecule is O=C(NCCc1ccccc1)C1CCCN(S(=O)(=O)c2ccc(N3CCCCC3)cc2)C1. The van der Waals surface area contributed by atoms with Crippen LogP contribution in [0.1, 0.15) is 37.7 Å². The lowest BCUT2D eigenvalue weighted by Crippen LogP contribution is -2.45. The Morgan fingerprint density at radius 2 is 1.62 bits per heavy atom. The fourth-order valence-electron chi connectivity index (χ4n) is 4.62. The Balaban J connectivity index is 1.34. The summed E-state index contributed by atoms with van der Waals surface area (Å²) in [5.41, 5.74) is 2.26. The Morgan fingerprint density at radius 3 is 2.34 bits per heavy atom. The van der Waals surface area contributed by atoms with Crippen LogP contribution in [-0.2, 0) is 21.2 Å². The number of carbonyl (C=O) groups excluding carboxylic acids is 1. The lowest BCUT2D eigenvalue weighted by molar-refractivity contribution is -0.126. The molecule has 1 unspecified atom stereocenters. The van der Waals surface area contributed by atoms with Crippen LogP contribution in [0.5, 0.6) is 0 Å². The number of benzene rings is 2. The van der Waals surface area contributed by atoms with Crippen LogP contribution in [0.25, 0.3) is 0 Å². The molecule has 0 radical (unpaired) electrons. The first-order valence-corrected chi connectivity index (χ1v) is 13.1. The second-order valence-corrected chi connectivity index (χ2v) is 10.7. The highest BCUT2D eigenvalue weighted by atomic mass is 32.2. The van der Waals surface area contributed by atoms with Crippen LogP contribution in [0.2, 0.25) is 0 Å². The first-order valence-electron chi connectivity index (χ1n) is 11.7. The monoisotopic (exact) mass is 455 g/mol. The van der Waals surface area contributed by atoms with E-state index in [0.29, 0.717) is 24.4 Å². The lowest BCUT2D eigenvalue weighted by atomic mass is 9.99. The number of rotatable bonds is 7. The van der Waals surface area contributed by atoms with Crippen LogP contribution in [0, 0.1) is 5.92 Å². The number of amides is 1. The third-order valence-electron chi connectivity index (χ3n) is 6.51. The van der Waals surface area contributed by atoms with Gasteiger partial charge in [-0.15, -0.1) is 0 Å². The van der Waals surface area contributed by atoms with E-state index in [1.165, 1.54) is 29.1 Å². The molecule has 7 heteroatoms. The van der Waals surface area contributed by atoms with E-state index >= 15 is 0 Å². The number of hydrogen-bond donors (Lipinski definition) is 1. The van der Waals surface area contributed by atoms with E-state index < -0.39 is 10.0 Å². The van der Waals surface area contributed by atoms with E-state index in [9.17, 15) is 13.2 Å². The quantitative estimate of drug-likeness (QED) is 0.694. The Morgan fingerprint density at radius 1 is 0.906 bits per heavy atom. The van der Waals surface area contributed by atoms with Crippen LogP contribution in [-0.4, -0.2) is 51.4 Å². The molecule has 0 saturated carbocycles. The summed E-state index contributed by atoms with van der Waals surface area (Å²) in [6.07, 6.45) is 5.81. The summed E-state index contributed by atoms with van der Waals surface area (Å²) >= 11 is 0. The van der Waals surface area contributed by atoms with Crippen molar-refractivity contribution >= 4 is 21.6 Å². The number of anilines is 1. The van der Waals surface area contributed by atoms with Crippen molar-refractivity contribution in [2.24, 2.45) is 5.92 Å². The fourth-order valence-corrected chi connectivity index (χ4v) is 6.15. The smallest absolute Gasteiger partial charge is 0.243 e. The summed E-state index contributed by atoms with van der Waals surface area (Å²) < 4.78 is 27.9. The van der Waals surface area contributed by atoms with Gasteiger partial charge in [0.1, 0.15) is 0 Å². The van der Waals surface area contributed by atoms with Gasteiger partial charge in [0.25, 0.3) is 0 Å². The lowest BCUT2D eigenvalue weighted by Gasteiger charge is -2.32. The predicted molar refractivity (Wildman–Crippen MR) is 127 cm³/mol. The largest absolute Gasteiger partial charge is 0.372 e. The van der Waals surface area contributed by atoms with Crippen molar-refractivity contribution in [3.05, 3.63) is 60.2 Å². The van der Waals surface area contributed by atoms with Crippen LogP contribution >= 0.6 is 0 Å². The molecular formula is C25H33N3O3S. The molecule has 2 fully saturated rings. The molecule has 2 saturated heterocycles. The number of piperidine rings is 2. The second-order valence-electron chi connectivity index (χ2n) is 8.77. The third-order valence-corrected chi connectivity index (χ3v) is 8.39. The van der Waals surface area contributed by atoms with E-state index in [0.717, 1.165) is 31.6 Å². The minimum absolute atomic E-state index is 0.0544. The summed E-state index contributed by atoms with van der Waals surface area (Å²) in [4.78, 5) is 15.3. The van der Waals surface area contributed by atoms with Gasteiger partial charge in [0.05, 0.1) is 10.8 Å². The summed E-state index contributed by atoms with van der Waals surface area (Å²) in [7, 11) is -3.60. The molecule has 0 spiro atoms. The number of nitrogens with one attached hydrogen (secondary N) is 1. The van der Waals surface area contributed by atoms with Crippen LogP contribution in [0.3, 0.4) is 0 Å². The van der Waals surface area contributed by atoms with Crippen molar-refractivity contribution < 1.29 is 13.2 Å². The Labute approximate surface area is 191 Å². The standard InChI is InChI=1S/C25H33N3O3S/c29-25(26-16-15-21-8-3-1-4-9-21)22-10-7-19-28(20-22)32(30,31)24-13-11-23(12-14-24)27-17-5-2-6-18-27/h1,3-4,8-9,11-14,22H,2,5-7,10,15-20H2,(H,26,29). The second kappa shape index (κ2) is 10.5. The molecule has 2 aliphatic rings. The molecule has 0 aromatic heterocycles. The molecule has 2 aromatic carbocycles. The van der Waals surface area contributed by atoms with Gasteiger partial charge in [-0.05, 0) is 68.4 Å². The Kier molecular flexibility index (Phi) is 7.48. The summed E-state index contributed by atoms with van der Waals surface area (Å²) in [5, 5.41) is 2.99. The molecule has 6 nitrogen and oxygen atoms in total. The summed E-state index contributed by atoms with van der Waals surface area (Å²) in [6.45, 7) is 3.32. The zero-order valence-electron chi connectivity index (χ0n) is 18.6. The molecule has 2 aromatic rings. The molecule has 2 aliphatic heterocycles. The maximum absolute atomic E-state index is 13.2. The third kappa shape index (κ3) is 5.51. The van der Waals surface area contributed by atoms with Gasteiger partial charge in [-0.2, -0.15) is 4.31 Å². The van der Waals surface area contributed by atoms with Crippen molar-refractivity contribution in [1.82, 2.24) is 9.62 Å². The van der Waals surface area contributed by atoms with Crippen molar-refractivity contribution in [1.29, 1.82) is 0 Å². The number of sulfonamides is 1. The molecule has 4 rings (SSSR count). The molecular weight excluding hydrogens is 422 g/mol. The van der Waals surface area contributed by atoms with Gasteiger partial charge in [-0.25, -0.2) is 8.42 Å². The molecule has 32 heavy (non-hydrogen) atoms. The van der Waals surface area contributed by atoms with Crippen LogP contribution < -0.4 is 10.2 Å². The first kappa shape index (κ1) is 22.8. The molecule has 1 atom stereocenters. The van der Waals surface area contributed by atoms with E-state index in [4.69, 9.17) is 0 Å². The molecule has 172 valence electrons. The van der Waals surface area contributed by atoms with Crippen molar-refractivity contribution in [3.8, 4) is 0 Å². The van der Waals surface area contributed by atoms with Gasteiger partial charge < -0.3 is 10.2 Å². The topological polar surface area (TPSA) is 69.7 Å². The average Bonchev–Trinajstić information content (AvgIpc) is 2.85. The zero-order chi connectivity index (χ0) is 22.4. The maximum Gasteiger partial charge on any atom is 0.243 e. The van der Waals surface area contributed by atoms with Crippen molar-refractivity contribution in [2.75, 3.05) is 37.6 Å². The number of hydrogen-bond acceptors (Lipinski definition) is 4. The highest BCUT2D eigenvalue weighted by Gasteiger charge is 2.33. The first-order chi connectivity index (χ1) is 15.5.